The van der Waals surface area contributed by atoms with Gasteiger partial charge in [-0.25, -0.2) is 0 Å². The molecule has 0 aromatic carbocycles. The topological polar surface area (TPSA) is 243 Å². The highest BCUT2D eigenvalue weighted by atomic mass is 31.2. The van der Waals surface area contributed by atoms with Gasteiger partial charge in [-0.3, -0.25) is 29.0 Å². The molecule has 2 amide bonds. The van der Waals surface area contributed by atoms with Gasteiger partial charge in [0, 0.05) is 0 Å². The molecule has 0 bridgehead atoms. The average molecular weight is 372 g/mol. The monoisotopic (exact) mass is 372 g/mol. The molecule has 0 aromatic rings. The van der Waals surface area contributed by atoms with Gasteiger partial charge in [0.1, 0.15) is 6.29 Å². The first-order valence-corrected chi connectivity index (χ1v) is 7.88. The minimum Gasteiger partial charge on any atom is -0.481 e. The van der Waals surface area contributed by atoms with Crippen LogP contribution >= 0.6 is 7.60 Å². The molecule has 138 valence electrons. The lowest BCUT2D eigenvalue weighted by molar-refractivity contribution is -0.304. The highest BCUT2D eigenvalue weighted by Gasteiger charge is 2.33. The predicted molar refractivity (Wildman–Crippen MR) is 73.0 cm³/mol. The van der Waals surface area contributed by atoms with Crippen molar-refractivity contribution in [1.82, 2.24) is 10.5 Å². The summed E-state index contributed by atoms with van der Waals surface area (Å²) in [6, 6.07) is -3.47. The van der Waals surface area contributed by atoms with E-state index < -0.39 is 67.8 Å². The zero-order chi connectivity index (χ0) is 19.1. The number of carbonyl (C=O) groups is 4. The molecule has 0 aliphatic heterocycles. The SMILES string of the molecule is NC(=O)[C@H](CC(=O)O)N(O)OP(=O)(O)CNC(=O)[C@@H](N)CC(=O)O. The third kappa shape index (κ3) is 8.52. The number of nitrogens with zero attached hydrogens (tertiary/aromatic N) is 1. The lowest BCUT2D eigenvalue weighted by atomic mass is 10.2. The fraction of sp³-hybridized carbons (Fsp3) is 0.556. The molecule has 0 radical (unpaired) electrons. The molecule has 0 fully saturated rings. The minimum absolute atomic E-state index is 0.499. The molecular formula is C9H17N4O10P. The number of carboxylic acids is 2. The molecule has 0 heterocycles. The Morgan fingerprint density at radius 1 is 1.17 bits per heavy atom. The molecule has 24 heavy (non-hydrogen) atoms. The van der Waals surface area contributed by atoms with Gasteiger partial charge >= 0.3 is 19.5 Å². The van der Waals surface area contributed by atoms with Crippen molar-refractivity contribution in [2.75, 3.05) is 6.29 Å². The first kappa shape index (κ1) is 21.9. The fourth-order valence-corrected chi connectivity index (χ4v) is 2.05. The number of carboxylic acid groups (broad SMARTS) is 2. The largest absolute Gasteiger partial charge is 0.481 e. The van der Waals surface area contributed by atoms with Gasteiger partial charge in [-0.05, 0) is 5.23 Å². The van der Waals surface area contributed by atoms with Crippen LogP contribution in [0.15, 0.2) is 0 Å². The number of amides is 2. The molecule has 0 aromatic heterocycles. The molecule has 14 nitrogen and oxygen atoms in total. The lowest BCUT2D eigenvalue weighted by Gasteiger charge is -2.23. The van der Waals surface area contributed by atoms with Crippen LogP contribution in [0, 0.1) is 0 Å². The van der Waals surface area contributed by atoms with Crippen molar-refractivity contribution in [2.24, 2.45) is 11.5 Å². The number of hydrogen-bond acceptors (Lipinski definition) is 9. The fourth-order valence-electron chi connectivity index (χ4n) is 1.26. The van der Waals surface area contributed by atoms with Crippen molar-refractivity contribution >= 4 is 31.3 Å². The summed E-state index contributed by atoms with van der Waals surface area (Å²) in [6.45, 7) is 0. The van der Waals surface area contributed by atoms with Crippen LogP contribution < -0.4 is 16.8 Å². The third-order valence-corrected chi connectivity index (χ3v) is 3.34. The quantitative estimate of drug-likeness (QED) is 0.142. The molecule has 3 atom stereocenters. The van der Waals surface area contributed by atoms with Gasteiger partial charge in [0.2, 0.25) is 11.8 Å². The van der Waals surface area contributed by atoms with Crippen LogP contribution in [0.5, 0.6) is 0 Å². The summed E-state index contributed by atoms with van der Waals surface area (Å²) in [5, 5.41) is 27.6. The van der Waals surface area contributed by atoms with Gasteiger partial charge in [-0.15, -0.1) is 0 Å². The molecule has 0 saturated carbocycles. The maximum absolute atomic E-state index is 11.6. The molecule has 9 N–H and O–H groups in total. The number of hydroxylamine groups is 2. The van der Waals surface area contributed by atoms with E-state index in [1.807, 2.05) is 0 Å². The molecule has 0 aliphatic carbocycles. The molecule has 0 rings (SSSR count). The number of rotatable bonds is 11. The van der Waals surface area contributed by atoms with Gasteiger partial charge < -0.3 is 31.9 Å². The predicted octanol–water partition coefficient (Wildman–Crippen LogP) is -3.00. The molecule has 0 saturated heterocycles. The maximum atomic E-state index is 11.6. The smallest absolute Gasteiger partial charge is 0.365 e. The van der Waals surface area contributed by atoms with Gasteiger partial charge in [0.25, 0.3) is 0 Å². The van der Waals surface area contributed by atoms with Crippen LogP contribution in [0.4, 0.5) is 0 Å². The van der Waals surface area contributed by atoms with E-state index in [2.05, 4.69) is 4.62 Å². The summed E-state index contributed by atoms with van der Waals surface area (Å²) in [5.41, 5.74) is 10.0. The van der Waals surface area contributed by atoms with Gasteiger partial charge in [-0.2, -0.15) is 4.62 Å². The number of primary amides is 1. The standard InChI is InChI=1S/C9H17N4O10P/c10-4(1-6(14)15)9(19)12-3-24(21,22)23-13(20)5(8(11)18)2-7(16)17/h4-5,20H,1-3,10H2,(H2,11,18)(H,12,19)(H,14,15)(H,16,17)(H,21,22)/t4-,5-/m0/s1. The minimum atomic E-state index is -4.77. The Bertz CT molecular complexity index is 554. The Labute approximate surface area is 134 Å². The summed E-state index contributed by atoms with van der Waals surface area (Å²) >= 11 is 0. The summed E-state index contributed by atoms with van der Waals surface area (Å²) < 4.78 is 15.8. The second-order valence-corrected chi connectivity index (χ2v) is 6.20. The Hall–Kier alpha value is -2.09. The summed E-state index contributed by atoms with van der Waals surface area (Å²) in [7, 11) is -4.77. The van der Waals surface area contributed by atoms with E-state index in [1.165, 1.54) is 0 Å². The molecular weight excluding hydrogens is 355 g/mol. The third-order valence-electron chi connectivity index (χ3n) is 2.36. The number of carbonyl (C=O) groups excluding carboxylic acids is 2. The van der Waals surface area contributed by atoms with E-state index in [9.17, 15) is 33.8 Å². The first-order chi connectivity index (χ1) is 10.9. The Balaban J connectivity index is 4.69. The zero-order valence-corrected chi connectivity index (χ0v) is 13.0. The van der Waals surface area contributed by atoms with Crippen LogP contribution in [0.3, 0.4) is 0 Å². The van der Waals surface area contributed by atoms with Crippen LogP contribution in [0.1, 0.15) is 12.8 Å². The number of nitrogens with two attached hydrogens (primary N) is 2. The average Bonchev–Trinajstić information content (AvgIpc) is 2.40. The van der Waals surface area contributed by atoms with Gasteiger partial charge in [0.05, 0.1) is 18.9 Å². The van der Waals surface area contributed by atoms with E-state index in [1.54, 1.807) is 5.32 Å². The summed E-state index contributed by atoms with van der Waals surface area (Å²) in [4.78, 5) is 52.7. The highest BCUT2D eigenvalue weighted by molar-refractivity contribution is 7.52. The molecule has 0 spiro atoms. The van der Waals surface area contributed by atoms with E-state index in [4.69, 9.17) is 21.7 Å². The zero-order valence-electron chi connectivity index (χ0n) is 12.1. The van der Waals surface area contributed by atoms with Crippen molar-refractivity contribution in [3.8, 4) is 0 Å². The Morgan fingerprint density at radius 2 is 1.67 bits per heavy atom. The van der Waals surface area contributed by atoms with Gasteiger partial charge in [-0.1, -0.05) is 0 Å². The van der Waals surface area contributed by atoms with Crippen LogP contribution in [0.25, 0.3) is 0 Å². The number of nitrogens with one attached hydrogen (secondary N) is 1. The maximum Gasteiger partial charge on any atom is 0.365 e. The van der Waals surface area contributed by atoms with Crippen molar-refractivity contribution in [3.63, 3.8) is 0 Å². The molecule has 15 heteroatoms. The summed E-state index contributed by atoms with van der Waals surface area (Å²) in [6.07, 6.45) is -2.87. The lowest BCUT2D eigenvalue weighted by Crippen LogP contribution is -2.45. The van der Waals surface area contributed by atoms with Gasteiger partial charge in [0.15, 0.2) is 6.04 Å². The highest BCUT2D eigenvalue weighted by Crippen LogP contribution is 2.41. The molecule has 0 aliphatic rings. The first-order valence-electron chi connectivity index (χ1n) is 6.11. The van der Waals surface area contributed by atoms with Crippen molar-refractivity contribution in [2.45, 2.75) is 24.9 Å². The van der Waals surface area contributed by atoms with Crippen molar-refractivity contribution in [3.05, 3.63) is 0 Å². The van der Waals surface area contributed by atoms with Crippen molar-refractivity contribution in [1.29, 1.82) is 0 Å². The Morgan fingerprint density at radius 3 is 2.08 bits per heavy atom. The van der Waals surface area contributed by atoms with E-state index in [0.29, 0.717) is 0 Å². The van der Waals surface area contributed by atoms with Crippen LogP contribution in [-0.4, -0.2) is 67.7 Å². The van der Waals surface area contributed by atoms with E-state index in [-0.39, 0.29) is 0 Å². The second kappa shape index (κ2) is 9.27. The van der Waals surface area contributed by atoms with E-state index in [0.717, 1.165) is 0 Å². The van der Waals surface area contributed by atoms with Crippen LogP contribution in [0.2, 0.25) is 0 Å². The molecule has 1 unspecified atom stereocenters. The Kier molecular flexibility index (Phi) is 8.46. The van der Waals surface area contributed by atoms with Crippen LogP contribution in [-0.2, 0) is 28.4 Å². The second-order valence-electron chi connectivity index (χ2n) is 4.44. The number of hydrogen-bond donors (Lipinski definition) is 7. The van der Waals surface area contributed by atoms with E-state index >= 15 is 0 Å². The number of aliphatic carboxylic acids is 2. The van der Waals surface area contributed by atoms with Crippen molar-refractivity contribution < 1.29 is 48.7 Å². The summed E-state index contributed by atoms with van der Waals surface area (Å²) in [5.74, 6) is -5.37. The normalized spacial score (nSPS) is 16.0.